The molecular formula is C16H28N2O. The van der Waals surface area contributed by atoms with Crippen molar-refractivity contribution >= 4 is 5.91 Å². The van der Waals surface area contributed by atoms with Crippen LogP contribution in [0, 0.1) is 29.6 Å². The molecule has 2 N–H and O–H groups in total. The van der Waals surface area contributed by atoms with Crippen molar-refractivity contribution in [3.63, 3.8) is 0 Å². The molecule has 4 rings (SSSR count). The average Bonchev–Trinajstić information content (AvgIpc) is 2.36. The lowest BCUT2D eigenvalue weighted by Crippen LogP contribution is -2.56. The molecule has 1 atom stereocenters. The Morgan fingerprint density at radius 1 is 1.16 bits per heavy atom. The fourth-order valence-corrected chi connectivity index (χ4v) is 5.22. The van der Waals surface area contributed by atoms with E-state index in [-0.39, 0.29) is 0 Å². The van der Waals surface area contributed by atoms with Gasteiger partial charge in [-0.2, -0.15) is 0 Å². The van der Waals surface area contributed by atoms with Gasteiger partial charge < -0.3 is 10.6 Å². The third kappa shape index (κ3) is 2.42. The first-order valence-corrected chi connectivity index (χ1v) is 8.04. The van der Waals surface area contributed by atoms with E-state index in [0.717, 1.165) is 23.7 Å². The van der Waals surface area contributed by atoms with Crippen molar-refractivity contribution in [2.45, 2.75) is 51.5 Å². The Labute approximate surface area is 116 Å². The summed E-state index contributed by atoms with van der Waals surface area (Å²) in [5.41, 5.74) is 5.64. The minimum absolute atomic E-state index is 0.312. The summed E-state index contributed by atoms with van der Waals surface area (Å²) in [5, 5.41) is 0. The van der Waals surface area contributed by atoms with E-state index in [0.29, 0.717) is 30.8 Å². The summed E-state index contributed by atoms with van der Waals surface area (Å²) in [6, 6.07) is 0.533. The van der Waals surface area contributed by atoms with Crippen molar-refractivity contribution in [1.29, 1.82) is 0 Å². The van der Waals surface area contributed by atoms with E-state index in [9.17, 15) is 4.79 Å². The Kier molecular flexibility index (Phi) is 3.59. The lowest BCUT2D eigenvalue weighted by atomic mass is 9.54. The molecule has 0 radical (unpaired) electrons. The zero-order chi connectivity index (χ0) is 13.6. The van der Waals surface area contributed by atoms with Crippen LogP contribution in [0.1, 0.15) is 45.4 Å². The quantitative estimate of drug-likeness (QED) is 0.846. The normalized spacial score (nSPS) is 41.3. The molecule has 4 aliphatic rings. The van der Waals surface area contributed by atoms with Crippen LogP contribution in [-0.2, 0) is 4.79 Å². The number of nitrogens with two attached hydrogens (primary N) is 1. The molecular weight excluding hydrogens is 236 g/mol. The summed E-state index contributed by atoms with van der Waals surface area (Å²) in [7, 11) is 2.04. The molecule has 4 aliphatic carbocycles. The van der Waals surface area contributed by atoms with Gasteiger partial charge in [-0.15, -0.1) is 0 Å². The summed E-state index contributed by atoms with van der Waals surface area (Å²) in [6.45, 7) is 2.68. The smallest absolute Gasteiger partial charge is 0.222 e. The summed E-state index contributed by atoms with van der Waals surface area (Å²) < 4.78 is 0. The van der Waals surface area contributed by atoms with E-state index in [1.165, 1.54) is 32.1 Å². The second-order valence-corrected chi connectivity index (χ2v) is 7.47. The van der Waals surface area contributed by atoms with Crippen molar-refractivity contribution in [3.05, 3.63) is 0 Å². The van der Waals surface area contributed by atoms with Crippen molar-refractivity contribution in [3.8, 4) is 0 Å². The maximum Gasteiger partial charge on any atom is 0.222 e. The zero-order valence-corrected chi connectivity index (χ0v) is 12.3. The third-order valence-corrected chi connectivity index (χ3v) is 5.94. The molecule has 0 aromatic rings. The number of hydrogen-bond donors (Lipinski definition) is 1. The van der Waals surface area contributed by atoms with Gasteiger partial charge in [-0.05, 0) is 68.2 Å². The third-order valence-electron chi connectivity index (χ3n) is 5.94. The number of carbonyl (C=O) groups is 1. The second kappa shape index (κ2) is 5.08. The number of rotatable bonds is 4. The largest absolute Gasteiger partial charge is 0.342 e. The fourth-order valence-electron chi connectivity index (χ4n) is 5.22. The standard InChI is InChI=1S/C16H28N2O/c1-10(9-17)3-15(19)18(2)16-13-5-11-4-12(7-13)8-14(16)6-11/h10-14,16H,3-9,17H2,1-2H3. The molecule has 19 heavy (non-hydrogen) atoms. The van der Waals surface area contributed by atoms with E-state index >= 15 is 0 Å². The van der Waals surface area contributed by atoms with Crippen LogP contribution in [0.2, 0.25) is 0 Å². The highest BCUT2D eigenvalue weighted by Crippen LogP contribution is 2.55. The maximum absolute atomic E-state index is 12.4. The minimum atomic E-state index is 0.312. The van der Waals surface area contributed by atoms with Gasteiger partial charge in [0.1, 0.15) is 0 Å². The molecule has 0 spiro atoms. The molecule has 108 valence electrons. The Balaban J connectivity index is 1.66. The Morgan fingerprint density at radius 3 is 2.16 bits per heavy atom. The summed E-state index contributed by atoms with van der Waals surface area (Å²) in [5.74, 6) is 4.16. The molecule has 4 fully saturated rings. The van der Waals surface area contributed by atoms with E-state index in [2.05, 4.69) is 11.8 Å². The summed E-state index contributed by atoms with van der Waals surface area (Å²) in [4.78, 5) is 14.5. The van der Waals surface area contributed by atoms with Crippen molar-refractivity contribution in [2.75, 3.05) is 13.6 Å². The van der Waals surface area contributed by atoms with Crippen LogP contribution in [0.25, 0.3) is 0 Å². The van der Waals surface area contributed by atoms with Gasteiger partial charge in [0.05, 0.1) is 0 Å². The molecule has 1 unspecified atom stereocenters. The van der Waals surface area contributed by atoms with Crippen LogP contribution in [0.4, 0.5) is 0 Å². The lowest BCUT2D eigenvalue weighted by molar-refractivity contribution is -0.141. The van der Waals surface area contributed by atoms with Crippen molar-refractivity contribution < 1.29 is 4.79 Å². The van der Waals surface area contributed by atoms with Crippen molar-refractivity contribution in [1.82, 2.24) is 4.90 Å². The topological polar surface area (TPSA) is 46.3 Å². The number of amides is 1. The van der Waals surface area contributed by atoms with Gasteiger partial charge in [0.25, 0.3) is 0 Å². The molecule has 4 bridgehead atoms. The van der Waals surface area contributed by atoms with Gasteiger partial charge in [-0.25, -0.2) is 0 Å². The molecule has 4 saturated carbocycles. The van der Waals surface area contributed by atoms with Gasteiger partial charge in [-0.1, -0.05) is 6.92 Å². The van der Waals surface area contributed by atoms with E-state index in [4.69, 9.17) is 5.73 Å². The number of nitrogens with zero attached hydrogens (tertiary/aromatic N) is 1. The molecule has 0 aromatic heterocycles. The zero-order valence-electron chi connectivity index (χ0n) is 12.3. The molecule has 3 nitrogen and oxygen atoms in total. The molecule has 0 aromatic carbocycles. The predicted octanol–water partition coefficient (Wildman–Crippen LogP) is 2.25. The highest BCUT2D eigenvalue weighted by molar-refractivity contribution is 5.76. The average molecular weight is 264 g/mol. The van der Waals surface area contributed by atoms with Gasteiger partial charge in [0, 0.05) is 19.5 Å². The highest BCUT2D eigenvalue weighted by Gasteiger charge is 2.50. The Morgan fingerprint density at radius 2 is 1.68 bits per heavy atom. The molecule has 0 aliphatic heterocycles. The Hall–Kier alpha value is -0.570. The SMILES string of the molecule is CC(CN)CC(=O)N(C)C1C2CC3CC(C2)CC1C3. The first kappa shape index (κ1) is 13.4. The van der Waals surface area contributed by atoms with Crippen LogP contribution in [0.3, 0.4) is 0 Å². The number of carbonyl (C=O) groups excluding carboxylic acids is 1. The predicted molar refractivity (Wildman–Crippen MR) is 76.4 cm³/mol. The van der Waals surface area contributed by atoms with Crippen molar-refractivity contribution in [2.24, 2.45) is 35.3 Å². The van der Waals surface area contributed by atoms with E-state index in [1.54, 1.807) is 0 Å². The van der Waals surface area contributed by atoms with Crippen LogP contribution in [-0.4, -0.2) is 30.4 Å². The Bertz CT molecular complexity index is 327. The first-order valence-electron chi connectivity index (χ1n) is 8.04. The van der Waals surface area contributed by atoms with E-state index < -0.39 is 0 Å². The van der Waals surface area contributed by atoms with Crippen LogP contribution >= 0.6 is 0 Å². The molecule has 0 saturated heterocycles. The molecule has 1 amide bonds. The van der Waals surface area contributed by atoms with Gasteiger partial charge in [0.15, 0.2) is 0 Å². The van der Waals surface area contributed by atoms with Crippen LogP contribution in [0.5, 0.6) is 0 Å². The van der Waals surface area contributed by atoms with E-state index in [1.807, 2.05) is 7.05 Å². The minimum Gasteiger partial charge on any atom is -0.342 e. The monoisotopic (exact) mass is 264 g/mol. The second-order valence-electron chi connectivity index (χ2n) is 7.47. The van der Waals surface area contributed by atoms with Crippen LogP contribution in [0.15, 0.2) is 0 Å². The summed E-state index contributed by atoms with van der Waals surface area (Å²) >= 11 is 0. The number of hydrogen-bond acceptors (Lipinski definition) is 2. The van der Waals surface area contributed by atoms with Gasteiger partial charge >= 0.3 is 0 Å². The van der Waals surface area contributed by atoms with Gasteiger partial charge in [0.2, 0.25) is 5.91 Å². The fraction of sp³-hybridized carbons (Fsp3) is 0.938. The molecule has 3 heteroatoms. The highest BCUT2D eigenvalue weighted by atomic mass is 16.2. The summed E-state index contributed by atoms with van der Waals surface area (Å²) in [6.07, 6.45) is 7.60. The van der Waals surface area contributed by atoms with Crippen LogP contribution < -0.4 is 5.73 Å². The molecule has 0 heterocycles. The first-order chi connectivity index (χ1) is 9.08. The lowest BCUT2D eigenvalue weighted by Gasteiger charge is -2.56. The van der Waals surface area contributed by atoms with Gasteiger partial charge in [-0.3, -0.25) is 4.79 Å². The maximum atomic E-state index is 12.4.